The number of hydrogen-bond donors (Lipinski definition) is 2. The molecule has 1 saturated carbocycles. The highest BCUT2D eigenvalue weighted by molar-refractivity contribution is 5.76. The van der Waals surface area contributed by atoms with E-state index in [0.717, 1.165) is 5.56 Å². The molecule has 7 heteroatoms. The molecule has 2 N–H and O–H groups in total. The van der Waals surface area contributed by atoms with Gasteiger partial charge in [0.25, 0.3) is 0 Å². The molecule has 1 aliphatic carbocycles. The fraction of sp³-hybridized carbons (Fsp3) is 0.471. The molecule has 1 aromatic carbocycles. The molecule has 0 radical (unpaired) electrons. The fourth-order valence-corrected chi connectivity index (χ4v) is 3.70. The summed E-state index contributed by atoms with van der Waals surface area (Å²) >= 11 is 0. The number of carbonyl (C=O) groups is 1. The van der Waals surface area contributed by atoms with Crippen LogP contribution in [0.3, 0.4) is 0 Å². The van der Waals surface area contributed by atoms with Gasteiger partial charge in [-0.3, -0.25) is 9.48 Å². The molecule has 3 atom stereocenters. The summed E-state index contributed by atoms with van der Waals surface area (Å²) in [6, 6.07) is 6.08. The van der Waals surface area contributed by atoms with Gasteiger partial charge < -0.3 is 10.2 Å². The summed E-state index contributed by atoms with van der Waals surface area (Å²) in [6.07, 6.45) is 4.25. The maximum atomic E-state index is 13.1. The number of aliphatic carboxylic acids is 1. The zero-order valence-electron chi connectivity index (χ0n) is 13.4. The molecule has 0 saturated heterocycles. The van der Waals surface area contributed by atoms with E-state index in [1.807, 2.05) is 0 Å². The molecule has 0 bridgehead atoms. The molecule has 6 nitrogen and oxygen atoms in total. The van der Waals surface area contributed by atoms with Gasteiger partial charge in [-0.15, -0.1) is 0 Å². The Morgan fingerprint density at radius 3 is 2.71 bits per heavy atom. The number of rotatable bonds is 5. The monoisotopic (exact) mass is 333 g/mol. The lowest BCUT2D eigenvalue weighted by atomic mass is 9.71. The van der Waals surface area contributed by atoms with Gasteiger partial charge in [0, 0.05) is 0 Å². The Kier molecular flexibility index (Phi) is 4.13. The van der Waals surface area contributed by atoms with Crippen molar-refractivity contribution in [3.63, 3.8) is 0 Å². The summed E-state index contributed by atoms with van der Waals surface area (Å²) in [4.78, 5) is 15.7. The molecule has 0 aliphatic heterocycles. The van der Waals surface area contributed by atoms with Gasteiger partial charge in [-0.25, -0.2) is 9.37 Å². The predicted octanol–water partition coefficient (Wildman–Crippen LogP) is 1.89. The average Bonchev–Trinajstić information content (AvgIpc) is 3.12. The van der Waals surface area contributed by atoms with Crippen molar-refractivity contribution in [3.8, 4) is 0 Å². The quantitative estimate of drug-likeness (QED) is 0.872. The molecular formula is C17H20FN3O3. The van der Waals surface area contributed by atoms with Crippen LogP contribution in [0.15, 0.2) is 36.9 Å². The largest absolute Gasteiger partial charge is 0.481 e. The molecule has 1 aliphatic rings. The van der Waals surface area contributed by atoms with Crippen LogP contribution < -0.4 is 0 Å². The van der Waals surface area contributed by atoms with E-state index in [2.05, 4.69) is 10.1 Å². The van der Waals surface area contributed by atoms with E-state index >= 15 is 0 Å². The van der Waals surface area contributed by atoms with E-state index in [1.54, 1.807) is 19.1 Å². The van der Waals surface area contributed by atoms with E-state index < -0.39 is 17.0 Å². The molecular weight excluding hydrogens is 313 g/mol. The lowest BCUT2D eigenvalue weighted by Gasteiger charge is -2.40. The summed E-state index contributed by atoms with van der Waals surface area (Å²) < 4.78 is 14.6. The molecule has 1 aromatic heterocycles. The summed E-state index contributed by atoms with van der Waals surface area (Å²) in [7, 11) is 0. The number of carboxylic acid groups (broad SMARTS) is 1. The second-order valence-electron chi connectivity index (χ2n) is 6.72. The summed E-state index contributed by atoms with van der Waals surface area (Å²) in [6.45, 7) is 1.64. The Morgan fingerprint density at radius 2 is 2.12 bits per heavy atom. The normalized spacial score (nSPS) is 29.7. The van der Waals surface area contributed by atoms with E-state index in [4.69, 9.17) is 0 Å². The van der Waals surface area contributed by atoms with E-state index in [0.29, 0.717) is 19.3 Å². The van der Waals surface area contributed by atoms with Crippen LogP contribution in [-0.4, -0.2) is 36.5 Å². The fourth-order valence-electron chi connectivity index (χ4n) is 3.70. The van der Waals surface area contributed by atoms with Crippen molar-refractivity contribution in [1.29, 1.82) is 0 Å². The van der Waals surface area contributed by atoms with Crippen molar-refractivity contribution in [2.24, 2.45) is 11.3 Å². The molecule has 3 rings (SSSR count). The number of carboxylic acids is 1. The van der Waals surface area contributed by atoms with Crippen LogP contribution >= 0.6 is 0 Å². The summed E-state index contributed by atoms with van der Waals surface area (Å²) in [5.41, 5.74) is -1.88. The summed E-state index contributed by atoms with van der Waals surface area (Å²) in [5, 5.41) is 25.1. The van der Waals surface area contributed by atoms with E-state index in [1.165, 1.54) is 29.5 Å². The first kappa shape index (κ1) is 16.6. The lowest BCUT2D eigenvalue weighted by molar-refractivity contribution is -0.169. The van der Waals surface area contributed by atoms with Gasteiger partial charge in [-0.2, -0.15) is 5.10 Å². The highest BCUT2D eigenvalue weighted by Gasteiger charge is 2.61. The third kappa shape index (κ3) is 2.69. The van der Waals surface area contributed by atoms with Gasteiger partial charge in [-0.05, 0) is 49.8 Å². The van der Waals surface area contributed by atoms with E-state index in [-0.39, 0.29) is 18.3 Å². The third-order valence-electron chi connectivity index (χ3n) is 5.36. The van der Waals surface area contributed by atoms with Crippen LogP contribution in [0.1, 0.15) is 25.3 Å². The van der Waals surface area contributed by atoms with Gasteiger partial charge >= 0.3 is 5.97 Å². The maximum Gasteiger partial charge on any atom is 0.312 e. The molecule has 1 heterocycles. The number of aromatic nitrogens is 3. The van der Waals surface area contributed by atoms with Crippen LogP contribution in [0.2, 0.25) is 0 Å². The first-order valence-electron chi connectivity index (χ1n) is 7.88. The van der Waals surface area contributed by atoms with Gasteiger partial charge in [0.2, 0.25) is 0 Å². The molecule has 0 spiro atoms. The first-order valence-corrected chi connectivity index (χ1v) is 7.88. The van der Waals surface area contributed by atoms with Crippen molar-refractivity contribution in [3.05, 3.63) is 48.3 Å². The highest BCUT2D eigenvalue weighted by Crippen LogP contribution is 2.52. The van der Waals surface area contributed by atoms with Crippen LogP contribution in [0, 0.1) is 17.2 Å². The Bertz CT molecular complexity index is 719. The smallest absolute Gasteiger partial charge is 0.312 e. The molecule has 2 aromatic rings. The minimum atomic E-state index is -1.47. The highest BCUT2D eigenvalue weighted by atomic mass is 19.1. The van der Waals surface area contributed by atoms with Crippen molar-refractivity contribution in [1.82, 2.24) is 14.8 Å². The SMILES string of the molecule is C[C@]1(C(=O)O)CC[C@H](Cc2ccc(F)cc2)[C@]1(O)Cn1cncn1. The summed E-state index contributed by atoms with van der Waals surface area (Å²) in [5.74, 6) is -1.61. The second-order valence-corrected chi connectivity index (χ2v) is 6.72. The van der Waals surface area contributed by atoms with Crippen molar-refractivity contribution < 1.29 is 19.4 Å². The van der Waals surface area contributed by atoms with Gasteiger partial charge in [0.1, 0.15) is 24.1 Å². The minimum absolute atomic E-state index is 0.0572. The third-order valence-corrected chi connectivity index (χ3v) is 5.36. The van der Waals surface area contributed by atoms with Crippen LogP contribution in [0.4, 0.5) is 4.39 Å². The zero-order chi connectivity index (χ0) is 17.4. The molecule has 0 unspecified atom stereocenters. The van der Waals surface area contributed by atoms with Crippen LogP contribution in [0.25, 0.3) is 0 Å². The molecule has 24 heavy (non-hydrogen) atoms. The predicted molar refractivity (Wildman–Crippen MR) is 83.5 cm³/mol. The second kappa shape index (κ2) is 5.98. The minimum Gasteiger partial charge on any atom is -0.481 e. The number of hydrogen-bond acceptors (Lipinski definition) is 4. The number of halogens is 1. The first-order chi connectivity index (χ1) is 11.3. The molecule has 1 fully saturated rings. The standard InChI is InChI=1S/C17H20FN3O3/c1-16(15(22)23)7-6-13(8-12-2-4-14(18)5-3-12)17(16,24)9-21-11-19-10-20-21/h2-5,10-11,13,24H,6-9H2,1H3,(H,22,23)/t13-,16-,17-/m1/s1. The van der Waals surface area contributed by atoms with Crippen LogP contribution in [0.5, 0.6) is 0 Å². The number of nitrogens with zero attached hydrogens (tertiary/aromatic N) is 3. The zero-order valence-corrected chi connectivity index (χ0v) is 13.4. The van der Waals surface area contributed by atoms with Crippen molar-refractivity contribution >= 4 is 5.97 Å². The van der Waals surface area contributed by atoms with Crippen molar-refractivity contribution in [2.75, 3.05) is 0 Å². The van der Waals surface area contributed by atoms with Gasteiger partial charge in [0.15, 0.2) is 0 Å². The Hall–Kier alpha value is -2.28. The van der Waals surface area contributed by atoms with E-state index in [9.17, 15) is 19.4 Å². The average molecular weight is 333 g/mol. The molecule has 128 valence electrons. The topological polar surface area (TPSA) is 88.2 Å². The Morgan fingerprint density at radius 1 is 1.42 bits per heavy atom. The molecule has 0 amide bonds. The number of benzene rings is 1. The Labute approximate surface area is 139 Å². The van der Waals surface area contributed by atoms with Gasteiger partial charge in [0.05, 0.1) is 12.0 Å². The van der Waals surface area contributed by atoms with Crippen molar-refractivity contribution in [2.45, 2.75) is 38.3 Å². The number of aliphatic hydroxyl groups is 1. The maximum absolute atomic E-state index is 13.1. The lowest BCUT2D eigenvalue weighted by Crippen LogP contribution is -2.54. The van der Waals surface area contributed by atoms with Gasteiger partial charge in [-0.1, -0.05) is 12.1 Å². The Balaban J connectivity index is 1.92. The van der Waals surface area contributed by atoms with Crippen LogP contribution in [-0.2, 0) is 17.8 Å².